The number of benzene rings is 2. The highest BCUT2D eigenvalue weighted by atomic mass is 35.5. The van der Waals surface area contributed by atoms with Crippen LogP contribution in [0.5, 0.6) is 0 Å². The SMILES string of the molecule is CC(C)C(c1ccc(Cl)cc1)c1ccc(Cl)cc1. The van der Waals surface area contributed by atoms with Gasteiger partial charge < -0.3 is 0 Å². The molecular formula is C16H16Cl2. The van der Waals surface area contributed by atoms with E-state index in [2.05, 4.69) is 38.1 Å². The summed E-state index contributed by atoms with van der Waals surface area (Å²) >= 11 is 11.9. The fourth-order valence-electron chi connectivity index (χ4n) is 2.30. The van der Waals surface area contributed by atoms with Crippen LogP contribution in [0, 0.1) is 5.92 Å². The lowest BCUT2D eigenvalue weighted by Crippen LogP contribution is -2.08. The summed E-state index contributed by atoms with van der Waals surface area (Å²) in [6, 6.07) is 16.2. The van der Waals surface area contributed by atoms with E-state index in [9.17, 15) is 0 Å². The van der Waals surface area contributed by atoms with Gasteiger partial charge in [-0.1, -0.05) is 61.3 Å². The quantitative estimate of drug-likeness (QED) is 0.668. The maximum Gasteiger partial charge on any atom is 0.0406 e. The second kappa shape index (κ2) is 5.77. The van der Waals surface area contributed by atoms with Gasteiger partial charge in [0, 0.05) is 16.0 Å². The Morgan fingerprint density at radius 3 is 1.28 bits per heavy atom. The Kier molecular flexibility index (Phi) is 4.31. The molecule has 0 nitrogen and oxygen atoms in total. The zero-order chi connectivity index (χ0) is 13.1. The third-order valence-corrected chi connectivity index (χ3v) is 3.63. The molecule has 0 saturated heterocycles. The summed E-state index contributed by atoms with van der Waals surface area (Å²) in [5.41, 5.74) is 2.58. The van der Waals surface area contributed by atoms with Gasteiger partial charge in [0.1, 0.15) is 0 Å². The average Bonchev–Trinajstić information content (AvgIpc) is 2.34. The molecule has 2 heteroatoms. The van der Waals surface area contributed by atoms with E-state index < -0.39 is 0 Å². The zero-order valence-electron chi connectivity index (χ0n) is 10.5. The smallest absolute Gasteiger partial charge is 0.0406 e. The first-order chi connectivity index (χ1) is 8.58. The van der Waals surface area contributed by atoms with Crippen molar-refractivity contribution in [1.29, 1.82) is 0 Å². The average molecular weight is 279 g/mol. The molecule has 0 aliphatic heterocycles. The third-order valence-electron chi connectivity index (χ3n) is 3.12. The number of hydrogen-bond donors (Lipinski definition) is 0. The molecule has 0 radical (unpaired) electrons. The van der Waals surface area contributed by atoms with Crippen molar-refractivity contribution >= 4 is 23.2 Å². The van der Waals surface area contributed by atoms with Crippen LogP contribution in [0.15, 0.2) is 48.5 Å². The van der Waals surface area contributed by atoms with E-state index in [4.69, 9.17) is 23.2 Å². The summed E-state index contributed by atoms with van der Waals surface area (Å²) < 4.78 is 0. The van der Waals surface area contributed by atoms with Crippen molar-refractivity contribution in [2.24, 2.45) is 5.92 Å². The molecule has 94 valence electrons. The molecule has 0 aliphatic rings. The van der Waals surface area contributed by atoms with Gasteiger partial charge in [0.2, 0.25) is 0 Å². The Hall–Kier alpha value is -0.980. The minimum Gasteiger partial charge on any atom is -0.0843 e. The molecular weight excluding hydrogens is 263 g/mol. The van der Waals surface area contributed by atoms with Gasteiger partial charge in [-0.3, -0.25) is 0 Å². The van der Waals surface area contributed by atoms with Gasteiger partial charge >= 0.3 is 0 Å². The summed E-state index contributed by atoms with van der Waals surface area (Å²) in [5, 5.41) is 1.55. The van der Waals surface area contributed by atoms with Crippen molar-refractivity contribution in [1.82, 2.24) is 0 Å². The van der Waals surface area contributed by atoms with E-state index in [1.807, 2.05) is 24.3 Å². The standard InChI is InChI=1S/C16H16Cl2/c1-11(2)16(12-3-7-14(17)8-4-12)13-5-9-15(18)10-6-13/h3-11,16H,1-2H3. The lowest BCUT2D eigenvalue weighted by molar-refractivity contribution is 0.564. The Bertz CT molecular complexity index is 452. The molecule has 18 heavy (non-hydrogen) atoms. The molecule has 0 bridgehead atoms. The van der Waals surface area contributed by atoms with E-state index in [0.717, 1.165) is 10.0 Å². The highest BCUT2D eigenvalue weighted by Crippen LogP contribution is 2.32. The summed E-state index contributed by atoms with van der Waals surface area (Å²) in [6.07, 6.45) is 0. The Morgan fingerprint density at radius 1 is 0.667 bits per heavy atom. The Morgan fingerprint density at radius 2 is 1.00 bits per heavy atom. The molecule has 2 rings (SSSR count). The first-order valence-corrected chi connectivity index (χ1v) is 6.84. The topological polar surface area (TPSA) is 0 Å². The molecule has 0 heterocycles. The molecule has 2 aromatic carbocycles. The molecule has 0 aliphatic carbocycles. The molecule has 0 saturated carbocycles. The summed E-state index contributed by atoms with van der Waals surface area (Å²) in [7, 11) is 0. The summed E-state index contributed by atoms with van der Waals surface area (Å²) in [6.45, 7) is 4.46. The fraction of sp³-hybridized carbons (Fsp3) is 0.250. The summed E-state index contributed by atoms with van der Waals surface area (Å²) in [5.74, 6) is 0.895. The van der Waals surface area contributed by atoms with Crippen LogP contribution in [0.1, 0.15) is 30.9 Å². The highest BCUT2D eigenvalue weighted by Gasteiger charge is 2.17. The molecule has 0 aromatic heterocycles. The molecule has 0 spiro atoms. The minimum absolute atomic E-state index is 0.375. The van der Waals surface area contributed by atoms with E-state index in [1.54, 1.807) is 0 Å². The van der Waals surface area contributed by atoms with E-state index in [-0.39, 0.29) is 0 Å². The van der Waals surface area contributed by atoms with Crippen molar-refractivity contribution in [2.75, 3.05) is 0 Å². The Labute approximate surface area is 119 Å². The van der Waals surface area contributed by atoms with E-state index >= 15 is 0 Å². The van der Waals surface area contributed by atoms with Gasteiger partial charge in [0.05, 0.1) is 0 Å². The van der Waals surface area contributed by atoms with Crippen LogP contribution in [-0.4, -0.2) is 0 Å². The first kappa shape index (κ1) is 13.5. The molecule has 0 unspecified atom stereocenters. The van der Waals surface area contributed by atoms with Crippen LogP contribution in [0.25, 0.3) is 0 Å². The number of hydrogen-bond acceptors (Lipinski definition) is 0. The third kappa shape index (κ3) is 3.07. The Balaban J connectivity index is 2.39. The van der Waals surface area contributed by atoms with Crippen LogP contribution in [-0.2, 0) is 0 Å². The minimum atomic E-state index is 0.375. The van der Waals surface area contributed by atoms with E-state index in [1.165, 1.54) is 11.1 Å². The van der Waals surface area contributed by atoms with Crippen molar-refractivity contribution in [3.8, 4) is 0 Å². The zero-order valence-corrected chi connectivity index (χ0v) is 12.0. The van der Waals surface area contributed by atoms with Gasteiger partial charge in [-0.05, 0) is 41.3 Å². The lowest BCUT2D eigenvalue weighted by Gasteiger charge is -2.22. The first-order valence-electron chi connectivity index (χ1n) is 6.09. The van der Waals surface area contributed by atoms with Crippen LogP contribution in [0.3, 0.4) is 0 Å². The second-order valence-electron chi connectivity index (χ2n) is 4.82. The maximum atomic E-state index is 5.95. The highest BCUT2D eigenvalue weighted by molar-refractivity contribution is 6.30. The van der Waals surface area contributed by atoms with Crippen LogP contribution < -0.4 is 0 Å². The maximum absolute atomic E-state index is 5.95. The van der Waals surface area contributed by atoms with Gasteiger partial charge in [-0.2, -0.15) is 0 Å². The molecule has 0 amide bonds. The van der Waals surface area contributed by atoms with E-state index in [0.29, 0.717) is 11.8 Å². The predicted octanol–water partition coefficient (Wildman–Crippen LogP) is 5.78. The van der Waals surface area contributed by atoms with Crippen LogP contribution in [0.4, 0.5) is 0 Å². The normalized spacial score (nSPS) is 11.2. The molecule has 2 aromatic rings. The van der Waals surface area contributed by atoms with Gasteiger partial charge in [-0.15, -0.1) is 0 Å². The van der Waals surface area contributed by atoms with Crippen LogP contribution in [0.2, 0.25) is 10.0 Å². The number of halogens is 2. The van der Waals surface area contributed by atoms with Crippen molar-refractivity contribution in [3.63, 3.8) is 0 Å². The largest absolute Gasteiger partial charge is 0.0843 e. The van der Waals surface area contributed by atoms with Crippen molar-refractivity contribution in [3.05, 3.63) is 69.7 Å². The molecule has 0 atom stereocenters. The van der Waals surface area contributed by atoms with Crippen LogP contribution >= 0.6 is 23.2 Å². The second-order valence-corrected chi connectivity index (χ2v) is 5.70. The van der Waals surface area contributed by atoms with Gasteiger partial charge in [0.15, 0.2) is 0 Å². The lowest BCUT2D eigenvalue weighted by atomic mass is 9.83. The summed E-state index contributed by atoms with van der Waals surface area (Å²) in [4.78, 5) is 0. The monoisotopic (exact) mass is 278 g/mol. The van der Waals surface area contributed by atoms with Crippen molar-refractivity contribution < 1.29 is 0 Å². The molecule has 0 fully saturated rings. The van der Waals surface area contributed by atoms with Crippen molar-refractivity contribution in [2.45, 2.75) is 19.8 Å². The number of rotatable bonds is 3. The molecule has 0 N–H and O–H groups in total. The van der Waals surface area contributed by atoms with Gasteiger partial charge in [0.25, 0.3) is 0 Å². The predicted molar refractivity (Wildman–Crippen MR) is 79.6 cm³/mol. The fourth-order valence-corrected chi connectivity index (χ4v) is 2.55. The van der Waals surface area contributed by atoms with Gasteiger partial charge in [-0.25, -0.2) is 0 Å².